The number of aliphatic carboxylic acids is 1. The molecule has 0 heterocycles. The largest absolute Gasteiger partial charge is 0.481 e. The summed E-state index contributed by atoms with van der Waals surface area (Å²) >= 11 is 0. The second-order valence-corrected chi connectivity index (χ2v) is 5.04. The first-order chi connectivity index (χ1) is 9.42. The van der Waals surface area contributed by atoms with Crippen LogP contribution < -0.4 is 5.32 Å². The van der Waals surface area contributed by atoms with Gasteiger partial charge in [-0.1, -0.05) is 13.8 Å². The van der Waals surface area contributed by atoms with Crippen LogP contribution in [0.1, 0.15) is 40.5 Å². The molecule has 0 radical (unpaired) electrons. The molecule has 0 bridgehead atoms. The summed E-state index contributed by atoms with van der Waals surface area (Å²) in [6.07, 6.45) is 0.878. The van der Waals surface area contributed by atoms with E-state index >= 15 is 0 Å². The highest BCUT2D eigenvalue weighted by molar-refractivity contribution is 5.75. The van der Waals surface area contributed by atoms with Gasteiger partial charge in [0.15, 0.2) is 0 Å². The van der Waals surface area contributed by atoms with Crippen molar-refractivity contribution in [3.63, 3.8) is 0 Å². The van der Waals surface area contributed by atoms with Crippen LogP contribution in [0.4, 0.5) is 4.79 Å². The Balaban J connectivity index is 4.04. The summed E-state index contributed by atoms with van der Waals surface area (Å²) in [5, 5.41) is 11.6. The van der Waals surface area contributed by atoms with Crippen LogP contribution in [0.25, 0.3) is 0 Å². The number of rotatable bonds is 10. The molecule has 0 rings (SSSR count). The van der Waals surface area contributed by atoms with Crippen LogP contribution in [0, 0.1) is 0 Å². The number of carboxylic acids is 1. The number of amides is 2. The summed E-state index contributed by atoms with van der Waals surface area (Å²) in [5.41, 5.74) is 0. The number of nitrogens with one attached hydrogen (secondary N) is 1. The zero-order chi connectivity index (χ0) is 15.5. The summed E-state index contributed by atoms with van der Waals surface area (Å²) in [4.78, 5) is 26.4. The summed E-state index contributed by atoms with van der Waals surface area (Å²) in [6, 6.07) is -0.182. The SMILES string of the molecule is CCN(CC)CCCNC(=O)N(CCC(=O)O)C(C)C. The van der Waals surface area contributed by atoms with Crippen molar-refractivity contribution in [1.82, 2.24) is 15.1 Å². The molecule has 2 N–H and O–H groups in total. The van der Waals surface area contributed by atoms with Crippen LogP contribution in [0.5, 0.6) is 0 Å². The molecule has 0 fully saturated rings. The van der Waals surface area contributed by atoms with E-state index in [2.05, 4.69) is 24.1 Å². The fraction of sp³-hybridized carbons (Fsp3) is 0.857. The van der Waals surface area contributed by atoms with Gasteiger partial charge in [0.05, 0.1) is 6.42 Å². The molecule has 0 aliphatic carbocycles. The maximum absolute atomic E-state index is 12.0. The van der Waals surface area contributed by atoms with E-state index in [9.17, 15) is 9.59 Å². The van der Waals surface area contributed by atoms with Crippen LogP contribution in [0.2, 0.25) is 0 Å². The van der Waals surface area contributed by atoms with Crippen molar-refractivity contribution in [1.29, 1.82) is 0 Å². The molecule has 0 spiro atoms. The van der Waals surface area contributed by atoms with Gasteiger partial charge in [-0.3, -0.25) is 4.79 Å². The Morgan fingerprint density at radius 3 is 2.20 bits per heavy atom. The van der Waals surface area contributed by atoms with Crippen molar-refractivity contribution in [2.45, 2.75) is 46.6 Å². The second-order valence-electron chi connectivity index (χ2n) is 5.04. The van der Waals surface area contributed by atoms with Crippen molar-refractivity contribution < 1.29 is 14.7 Å². The Bertz CT molecular complexity index is 291. The smallest absolute Gasteiger partial charge is 0.317 e. The number of hydrogen-bond acceptors (Lipinski definition) is 3. The van der Waals surface area contributed by atoms with Crippen molar-refractivity contribution in [3.05, 3.63) is 0 Å². The molecule has 0 aliphatic heterocycles. The Hall–Kier alpha value is -1.30. The van der Waals surface area contributed by atoms with Crippen LogP contribution in [0.15, 0.2) is 0 Å². The van der Waals surface area contributed by atoms with Gasteiger partial charge >= 0.3 is 12.0 Å². The molecular weight excluding hydrogens is 258 g/mol. The quantitative estimate of drug-likeness (QED) is 0.599. The van der Waals surface area contributed by atoms with Gasteiger partial charge in [0.1, 0.15) is 0 Å². The van der Waals surface area contributed by atoms with Crippen molar-refractivity contribution in [2.75, 3.05) is 32.7 Å². The molecule has 6 heteroatoms. The molecule has 0 saturated carbocycles. The highest BCUT2D eigenvalue weighted by Crippen LogP contribution is 2.01. The zero-order valence-electron chi connectivity index (χ0n) is 13.2. The number of carboxylic acid groups (broad SMARTS) is 1. The highest BCUT2D eigenvalue weighted by atomic mass is 16.4. The Kier molecular flexibility index (Phi) is 9.80. The van der Waals surface area contributed by atoms with Gasteiger partial charge < -0.3 is 20.2 Å². The van der Waals surface area contributed by atoms with Gasteiger partial charge in [0.2, 0.25) is 0 Å². The molecule has 2 amide bonds. The van der Waals surface area contributed by atoms with E-state index < -0.39 is 5.97 Å². The fourth-order valence-corrected chi connectivity index (χ4v) is 1.95. The molecule has 0 aromatic heterocycles. The zero-order valence-corrected chi connectivity index (χ0v) is 13.2. The van der Waals surface area contributed by atoms with Crippen molar-refractivity contribution >= 4 is 12.0 Å². The van der Waals surface area contributed by atoms with Crippen LogP contribution in [-0.4, -0.2) is 65.7 Å². The van der Waals surface area contributed by atoms with E-state index in [0.717, 1.165) is 26.1 Å². The molecule has 20 heavy (non-hydrogen) atoms. The molecule has 6 nitrogen and oxygen atoms in total. The van der Waals surface area contributed by atoms with E-state index in [1.807, 2.05) is 13.8 Å². The Labute approximate surface area is 122 Å². The van der Waals surface area contributed by atoms with Gasteiger partial charge in [-0.25, -0.2) is 4.79 Å². The fourth-order valence-electron chi connectivity index (χ4n) is 1.95. The van der Waals surface area contributed by atoms with E-state index in [1.165, 1.54) is 0 Å². The lowest BCUT2D eigenvalue weighted by molar-refractivity contribution is -0.137. The van der Waals surface area contributed by atoms with Gasteiger partial charge in [-0.05, 0) is 39.9 Å². The predicted octanol–water partition coefficient (Wildman–Crippen LogP) is 1.61. The number of urea groups is 1. The topological polar surface area (TPSA) is 72.9 Å². The molecule has 0 aromatic rings. The summed E-state index contributed by atoms with van der Waals surface area (Å²) in [5.74, 6) is -0.884. The molecule has 118 valence electrons. The lowest BCUT2D eigenvalue weighted by Gasteiger charge is -2.26. The molecule has 0 saturated heterocycles. The highest BCUT2D eigenvalue weighted by Gasteiger charge is 2.17. The third kappa shape index (κ3) is 7.99. The van der Waals surface area contributed by atoms with Crippen LogP contribution >= 0.6 is 0 Å². The predicted molar refractivity (Wildman–Crippen MR) is 79.9 cm³/mol. The van der Waals surface area contributed by atoms with Gasteiger partial charge in [0, 0.05) is 19.1 Å². The lowest BCUT2D eigenvalue weighted by atomic mass is 10.3. The van der Waals surface area contributed by atoms with Gasteiger partial charge in [0.25, 0.3) is 0 Å². The lowest BCUT2D eigenvalue weighted by Crippen LogP contribution is -2.45. The maximum Gasteiger partial charge on any atom is 0.317 e. The average molecular weight is 287 g/mol. The minimum absolute atomic E-state index is 0.00266. The van der Waals surface area contributed by atoms with Crippen LogP contribution in [-0.2, 0) is 4.79 Å². The van der Waals surface area contributed by atoms with Crippen molar-refractivity contribution in [2.24, 2.45) is 0 Å². The third-order valence-electron chi connectivity index (χ3n) is 3.27. The minimum atomic E-state index is -0.884. The summed E-state index contributed by atoms with van der Waals surface area (Å²) < 4.78 is 0. The number of carbonyl (C=O) groups is 2. The first-order valence-corrected chi connectivity index (χ1v) is 7.40. The van der Waals surface area contributed by atoms with Crippen molar-refractivity contribution in [3.8, 4) is 0 Å². The van der Waals surface area contributed by atoms with Crippen LogP contribution in [0.3, 0.4) is 0 Å². The third-order valence-corrected chi connectivity index (χ3v) is 3.27. The monoisotopic (exact) mass is 287 g/mol. The molecule has 0 aromatic carbocycles. The molecular formula is C14H29N3O3. The minimum Gasteiger partial charge on any atom is -0.481 e. The maximum atomic E-state index is 12.0. The first kappa shape index (κ1) is 18.7. The number of carbonyl (C=O) groups excluding carboxylic acids is 1. The second kappa shape index (κ2) is 10.5. The van der Waals surface area contributed by atoms with E-state index in [4.69, 9.17) is 5.11 Å². The van der Waals surface area contributed by atoms with E-state index in [0.29, 0.717) is 6.54 Å². The molecule has 0 aliphatic rings. The van der Waals surface area contributed by atoms with E-state index in [1.54, 1.807) is 4.90 Å². The summed E-state index contributed by atoms with van der Waals surface area (Å²) in [7, 11) is 0. The van der Waals surface area contributed by atoms with E-state index in [-0.39, 0.29) is 25.0 Å². The summed E-state index contributed by atoms with van der Waals surface area (Å²) in [6.45, 7) is 11.9. The Morgan fingerprint density at radius 2 is 1.75 bits per heavy atom. The molecule has 0 atom stereocenters. The standard InChI is InChI=1S/C14H29N3O3/c1-5-16(6-2)10-7-9-15-14(20)17(12(3)4)11-8-13(18)19/h12H,5-11H2,1-4H3,(H,15,20)(H,18,19). The average Bonchev–Trinajstić information content (AvgIpc) is 2.38. The normalized spacial score (nSPS) is 10.9. The Morgan fingerprint density at radius 1 is 1.15 bits per heavy atom. The number of hydrogen-bond donors (Lipinski definition) is 2. The number of nitrogens with zero attached hydrogens (tertiary/aromatic N) is 2. The molecule has 0 unspecified atom stereocenters. The van der Waals surface area contributed by atoms with Gasteiger partial charge in [-0.15, -0.1) is 0 Å². The first-order valence-electron chi connectivity index (χ1n) is 7.40. The van der Waals surface area contributed by atoms with Gasteiger partial charge in [-0.2, -0.15) is 0 Å².